The van der Waals surface area contributed by atoms with E-state index in [0.29, 0.717) is 12.0 Å². The van der Waals surface area contributed by atoms with Gasteiger partial charge in [-0.1, -0.05) is 89.5 Å². The first kappa shape index (κ1) is 20.9. The van der Waals surface area contributed by atoms with Crippen molar-refractivity contribution in [3.8, 4) is 0 Å². The lowest BCUT2D eigenvalue weighted by molar-refractivity contribution is 0.00203. The Kier molecular flexibility index (Phi) is 8.71. The van der Waals surface area contributed by atoms with Crippen molar-refractivity contribution in [3.05, 3.63) is 35.4 Å². The molecule has 2 atom stereocenters. The minimum Gasteiger partial charge on any atom is -0.378 e. The van der Waals surface area contributed by atoms with E-state index in [1.807, 2.05) is 0 Å². The van der Waals surface area contributed by atoms with Crippen LogP contribution in [0.3, 0.4) is 0 Å². The number of benzene rings is 1. The Morgan fingerprint density at radius 2 is 1.52 bits per heavy atom. The Morgan fingerprint density at radius 1 is 0.815 bits per heavy atom. The molecule has 1 heteroatoms. The molecule has 1 heterocycles. The number of unbranched alkanes of at least 4 members (excludes halogenated alkanes) is 2. The van der Waals surface area contributed by atoms with Gasteiger partial charge in [0.05, 0.1) is 12.7 Å². The first-order valence-corrected chi connectivity index (χ1v) is 12.0. The van der Waals surface area contributed by atoms with Gasteiger partial charge in [-0.15, -0.1) is 0 Å². The summed E-state index contributed by atoms with van der Waals surface area (Å²) < 4.78 is 5.99. The Balaban J connectivity index is 1.36. The van der Waals surface area contributed by atoms with E-state index < -0.39 is 0 Å². The molecular weight excluding hydrogens is 328 g/mol. The number of rotatable bonds is 9. The Bertz CT molecular complexity index is 504. The third-order valence-electron chi connectivity index (χ3n) is 7.30. The van der Waals surface area contributed by atoms with Gasteiger partial charge in [0.2, 0.25) is 0 Å². The van der Waals surface area contributed by atoms with Crippen molar-refractivity contribution >= 4 is 0 Å². The van der Waals surface area contributed by atoms with E-state index in [1.165, 1.54) is 88.2 Å². The summed E-state index contributed by atoms with van der Waals surface area (Å²) in [5.41, 5.74) is 3.02. The van der Waals surface area contributed by atoms with Gasteiger partial charge in [-0.05, 0) is 55.1 Å². The van der Waals surface area contributed by atoms with Crippen LogP contribution in [0.2, 0.25) is 0 Å². The fourth-order valence-corrected chi connectivity index (χ4v) is 5.21. The maximum Gasteiger partial charge on any atom is 0.0573 e. The van der Waals surface area contributed by atoms with Gasteiger partial charge in [0, 0.05) is 5.92 Å². The van der Waals surface area contributed by atoms with Crippen LogP contribution in [-0.2, 0) is 11.2 Å². The van der Waals surface area contributed by atoms with Crippen LogP contribution in [0.1, 0.15) is 108 Å². The standard InChI is InChI=1S/C26H42O/c1-3-5-6-7-21-8-10-22(11-9-21)12-13-23-14-16-24(17-15-23)25-18-19-26(4-2)27-20-25/h14-17,21-22,25-26H,3-13,18-20H2,1-2H3. The third kappa shape index (κ3) is 6.63. The second-order valence-corrected chi connectivity index (χ2v) is 9.30. The highest BCUT2D eigenvalue weighted by molar-refractivity contribution is 5.26. The van der Waals surface area contributed by atoms with Crippen LogP contribution in [0.4, 0.5) is 0 Å². The maximum atomic E-state index is 5.99. The molecule has 0 N–H and O–H groups in total. The second kappa shape index (κ2) is 11.2. The van der Waals surface area contributed by atoms with E-state index in [0.717, 1.165) is 24.9 Å². The van der Waals surface area contributed by atoms with Gasteiger partial charge in [-0.25, -0.2) is 0 Å². The largest absolute Gasteiger partial charge is 0.378 e. The number of ether oxygens (including phenoxy) is 1. The molecule has 1 nitrogen and oxygen atoms in total. The van der Waals surface area contributed by atoms with Gasteiger partial charge in [-0.2, -0.15) is 0 Å². The van der Waals surface area contributed by atoms with Gasteiger partial charge in [0.15, 0.2) is 0 Å². The molecule has 27 heavy (non-hydrogen) atoms. The lowest BCUT2D eigenvalue weighted by Gasteiger charge is -2.29. The molecule has 152 valence electrons. The van der Waals surface area contributed by atoms with Gasteiger partial charge < -0.3 is 4.74 Å². The molecule has 0 amide bonds. The lowest BCUT2D eigenvalue weighted by Crippen LogP contribution is -2.24. The van der Waals surface area contributed by atoms with E-state index in [9.17, 15) is 0 Å². The molecule has 1 saturated carbocycles. The summed E-state index contributed by atoms with van der Waals surface area (Å²) in [4.78, 5) is 0. The van der Waals surface area contributed by atoms with Crippen LogP contribution in [-0.4, -0.2) is 12.7 Å². The van der Waals surface area contributed by atoms with Crippen LogP contribution < -0.4 is 0 Å². The van der Waals surface area contributed by atoms with E-state index in [2.05, 4.69) is 38.1 Å². The highest BCUT2D eigenvalue weighted by atomic mass is 16.5. The molecule has 1 aromatic rings. The molecule has 1 aliphatic heterocycles. The summed E-state index contributed by atoms with van der Waals surface area (Å²) in [7, 11) is 0. The fraction of sp³-hybridized carbons (Fsp3) is 0.769. The van der Waals surface area contributed by atoms with Gasteiger partial charge in [0.1, 0.15) is 0 Å². The van der Waals surface area contributed by atoms with Crippen molar-refractivity contribution < 1.29 is 4.74 Å². The monoisotopic (exact) mass is 370 g/mol. The summed E-state index contributed by atoms with van der Waals surface area (Å²) >= 11 is 0. The molecule has 0 radical (unpaired) electrons. The Hall–Kier alpha value is -0.820. The number of hydrogen-bond donors (Lipinski definition) is 0. The lowest BCUT2D eigenvalue weighted by atomic mass is 9.77. The first-order valence-electron chi connectivity index (χ1n) is 12.0. The predicted octanol–water partition coefficient (Wildman–Crippen LogP) is 7.68. The fourth-order valence-electron chi connectivity index (χ4n) is 5.21. The van der Waals surface area contributed by atoms with Crippen LogP contribution in [0.15, 0.2) is 24.3 Å². The molecule has 1 saturated heterocycles. The third-order valence-corrected chi connectivity index (χ3v) is 7.30. The topological polar surface area (TPSA) is 9.23 Å². The molecule has 2 aliphatic rings. The zero-order valence-corrected chi connectivity index (χ0v) is 17.9. The van der Waals surface area contributed by atoms with Crippen LogP contribution in [0.25, 0.3) is 0 Å². The van der Waals surface area contributed by atoms with E-state index in [1.54, 1.807) is 0 Å². The average molecular weight is 371 g/mol. The quantitative estimate of drug-likeness (QED) is 0.405. The number of hydrogen-bond acceptors (Lipinski definition) is 1. The average Bonchev–Trinajstić information content (AvgIpc) is 2.74. The molecule has 0 spiro atoms. The summed E-state index contributed by atoms with van der Waals surface area (Å²) in [5, 5.41) is 0. The van der Waals surface area contributed by atoms with Gasteiger partial charge >= 0.3 is 0 Å². The Morgan fingerprint density at radius 3 is 2.11 bits per heavy atom. The van der Waals surface area contributed by atoms with Crippen LogP contribution in [0.5, 0.6) is 0 Å². The van der Waals surface area contributed by atoms with Gasteiger partial charge in [0.25, 0.3) is 0 Å². The van der Waals surface area contributed by atoms with Crippen molar-refractivity contribution in [3.63, 3.8) is 0 Å². The first-order chi connectivity index (χ1) is 13.3. The smallest absolute Gasteiger partial charge is 0.0573 e. The SMILES string of the molecule is CCCCCC1CCC(CCc2ccc(C3CCC(CC)OC3)cc2)CC1. The Labute approximate surface area is 168 Å². The molecule has 1 aliphatic carbocycles. The highest BCUT2D eigenvalue weighted by Crippen LogP contribution is 2.34. The van der Waals surface area contributed by atoms with Gasteiger partial charge in [-0.3, -0.25) is 0 Å². The summed E-state index contributed by atoms with van der Waals surface area (Å²) in [6.07, 6.45) is 18.5. The summed E-state index contributed by atoms with van der Waals surface area (Å²) in [5.74, 6) is 2.63. The van der Waals surface area contributed by atoms with E-state index >= 15 is 0 Å². The molecule has 1 aromatic carbocycles. The second-order valence-electron chi connectivity index (χ2n) is 9.30. The molecule has 2 unspecified atom stereocenters. The molecule has 0 bridgehead atoms. The van der Waals surface area contributed by atoms with Crippen LogP contribution in [0, 0.1) is 11.8 Å². The van der Waals surface area contributed by atoms with Crippen molar-refractivity contribution in [2.45, 2.75) is 109 Å². The molecule has 3 rings (SSSR count). The normalized spacial score (nSPS) is 29.0. The van der Waals surface area contributed by atoms with Crippen molar-refractivity contribution in [1.29, 1.82) is 0 Å². The molecule has 0 aromatic heterocycles. The van der Waals surface area contributed by atoms with Crippen LogP contribution >= 0.6 is 0 Å². The zero-order chi connectivity index (χ0) is 18.9. The maximum absolute atomic E-state index is 5.99. The minimum absolute atomic E-state index is 0.502. The highest BCUT2D eigenvalue weighted by Gasteiger charge is 2.22. The number of aryl methyl sites for hydroxylation is 1. The van der Waals surface area contributed by atoms with E-state index in [-0.39, 0.29) is 0 Å². The van der Waals surface area contributed by atoms with Crippen molar-refractivity contribution in [2.75, 3.05) is 6.61 Å². The molecule has 2 fully saturated rings. The summed E-state index contributed by atoms with van der Waals surface area (Å²) in [6, 6.07) is 9.52. The van der Waals surface area contributed by atoms with Crippen molar-refractivity contribution in [2.24, 2.45) is 11.8 Å². The minimum atomic E-state index is 0.502. The molecular formula is C26H42O. The zero-order valence-electron chi connectivity index (χ0n) is 17.9. The predicted molar refractivity (Wildman–Crippen MR) is 116 cm³/mol. The van der Waals surface area contributed by atoms with Crippen molar-refractivity contribution in [1.82, 2.24) is 0 Å². The summed E-state index contributed by atoms with van der Waals surface area (Å²) in [6.45, 7) is 5.46. The van der Waals surface area contributed by atoms with E-state index in [4.69, 9.17) is 4.74 Å².